The fraction of sp³-hybridized carbons (Fsp3) is 0.167. The van der Waals surface area contributed by atoms with E-state index < -0.39 is 0 Å². The van der Waals surface area contributed by atoms with E-state index >= 15 is 0 Å². The van der Waals surface area contributed by atoms with Gasteiger partial charge in [-0.25, -0.2) is 0 Å². The van der Waals surface area contributed by atoms with Gasteiger partial charge in [0.2, 0.25) is 0 Å². The van der Waals surface area contributed by atoms with Crippen molar-refractivity contribution in [2.45, 2.75) is 6.04 Å². The van der Waals surface area contributed by atoms with E-state index in [1.807, 2.05) is 24.3 Å². The van der Waals surface area contributed by atoms with Crippen molar-refractivity contribution in [2.24, 2.45) is 5.73 Å². The Morgan fingerprint density at radius 1 is 1.57 bits per heavy atom. The Balaban J connectivity index is 2.77. The van der Waals surface area contributed by atoms with Gasteiger partial charge in [0.05, 0.1) is 0 Å². The van der Waals surface area contributed by atoms with Crippen molar-refractivity contribution in [3.8, 4) is 0 Å². The Kier molecular flexibility index (Phi) is 1.12. The third kappa shape index (κ3) is 1.04. The molecule has 1 atom stereocenters. The summed E-state index contributed by atoms with van der Waals surface area (Å²) in [5, 5.41) is 0. The molecule has 1 unspecified atom stereocenters. The number of hydrogen-bond acceptors (Lipinski definition) is 1. The average Bonchev–Trinajstić information content (AvgIpc) is 1.69. The Morgan fingerprint density at radius 2 is 2.43 bits per heavy atom. The fourth-order valence-electron chi connectivity index (χ4n) is 0.462. The summed E-state index contributed by atoms with van der Waals surface area (Å²) in [7, 11) is 0. The molecule has 0 aliphatic heterocycles. The molecule has 0 saturated heterocycles. The molecule has 1 heteroatoms. The van der Waals surface area contributed by atoms with Crippen molar-refractivity contribution in [3.05, 3.63) is 30.0 Å². The molecule has 1 aliphatic rings. The van der Waals surface area contributed by atoms with Gasteiger partial charge in [-0.05, 0) is 12.2 Å². The first-order chi connectivity index (χ1) is 3.39. The van der Waals surface area contributed by atoms with Gasteiger partial charge in [-0.2, -0.15) is 0 Å². The van der Waals surface area contributed by atoms with Crippen molar-refractivity contribution in [1.82, 2.24) is 0 Å². The maximum absolute atomic E-state index is 5.41. The molecule has 1 aliphatic carbocycles. The topological polar surface area (TPSA) is 26.0 Å². The van der Waals surface area contributed by atoms with E-state index in [9.17, 15) is 0 Å². The Morgan fingerprint density at radius 3 is 2.71 bits per heavy atom. The molecule has 36 valence electrons. The second-order valence-electron chi connectivity index (χ2n) is 1.46. The maximum atomic E-state index is 5.41. The van der Waals surface area contributed by atoms with Crippen LogP contribution in [0.5, 0.6) is 0 Å². The van der Waals surface area contributed by atoms with E-state index in [1.54, 1.807) is 0 Å². The van der Waals surface area contributed by atoms with E-state index in [2.05, 4.69) is 5.73 Å². The molecule has 0 heterocycles. The molecule has 1 nitrogen and oxygen atoms in total. The van der Waals surface area contributed by atoms with Gasteiger partial charge in [-0.15, -0.1) is 5.73 Å². The normalized spacial score (nSPS) is 26.1. The molecular formula is C6H7N. The highest BCUT2D eigenvalue weighted by Gasteiger charge is 1.87. The van der Waals surface area contributed by atoms with Gasteiger partial charge in [-0.3, -0.25) is 0 Å². The van der Waals surface area contributed by atoms with Crippen LogP contribution in [-0.2, 0) is 0 Å². The van der Waals surface area contributed by atoms with Crippen LogP contribution in [0.15, 0.2) is 30.0 Å². The zero-order valence-corrected chi connectivity index (χ0v) is 3.96. The third-order valence-corrected chi connectivity index (χ3v) is 0.814. The highest BCUT2D eigenvalue weighted by molar-refractivity contribution is 5.16. The molecule has 0 fully saturated rings. The highest BCUT2D eigenvalue weighted by Crippen LogP contribution is 1.88. The quantitative estimate of drug-likeness (QED) is 0.436. The zero-order valence-electron chi connectivity index (χ0n) is 3.96. The zero-order chi connectivity index (χ0) is 5.11. The monoisotopic (exact) mass is 93.1 g/mol. The summed E-state index contributed by atoms with van der Waals surface area (Å²) < 4.78 is 0. The molecule has 0 spiro atoms. The summed E-state index contributed by atoms with van der Waals surface area (Å²) in [4.78, 5) is 0. The summed E-state index contributed by atoms with van der Waals surface area (Å²) in [6.45, 7) is 0. The predicted molar refractivity (Wildman–Crippen MR) is 29.8 cm³/mol. The molecule has 0 saturated carbocycles. The number of hydrogen-bond donors (Lipinski definition) is 1. The Hall–Kier alpha value is -0.780. The van der Waals surface area contributed by atoms with E-state index in [4.69, 9.17) is 5.73 Å². The molecule has 0 aromatic rings. The van der Waals surface area contributed by atoms with Crippen LogP contribution in [0.2, 0.25) is 0 Å². The van der Waals surface area contributed by atoms with Crippen molar-refractivity contribution < 1.29 is 0 Å². The van der Waals surface area contributed by atoms with E-state index in [-0.39, 0.29) is 6.04 Å². The lowest BCUT2D eigenvalue weighted by Crippen LogP contribution is -2.12. The largest absolute Gasteiger partial charge is 0.321 e. The number of rotatable bonds is 0. The minimum Gasteiger partial charge on any atom is -0.321 e. The van der Waals surface area contributed by atoms with Crippen molar-refractivity contribution in [1.29, 1.82) is 0 Å². The van der Waals surface area contributed by atoms with Gasteiger partial charge in [0, 0.05) is 6.04 Å². The van der Waals surface area contributed by atoms with Crippen LogP contribution >= 0.6 is 0 Å². The van der Waals surface area contributed by atoms with Crippen LogP contribution < -0.4 is 5.73 Å². The van der Waals surface area contributed by atoms with E-state index in [0.29, 0.717) is 0 Å². The summed E-state index contributed by atoms with van der Waals surface area (Å²) in [6.07, 6.45) is 7.46. The number of nitrogens with two attached hydrogens (primary N) is 1. The summed E-state index contributed by atoms with van der Waals surface area (Å²) in [5.41, 5.74) is 8.28. The first-order valence-corrected chi connectivity index (χ1v) is 2.24. The molecule has 0 radical (unpaired) electrons. The Labute approximate surface area is 42.8 Å². The molecule has 1 rings (SSSR count). The SMILES string of the molecule is NC1C=C=CC=C1. The Bertz CT molecular complexity index is 138. The van der Waals surface area contributed by atoms with Crippen LogP contribution in [0.3, 0.4) is 0 Å². The number of allylic oxidation sites excluding steroid dienone is 1. The average molecular weight is 93.1 g/mol. The first kappa shape index (κ1) is 4.38. The van der Waals surface area contributed by atoms with E-state index in [0.717, 1.165) is 0 Å². The molecule has 0 amide bonds. The second kappa shape index (κ2) is 1.78. The van der Waals surface area contributed by atoms with Gasteiger partial charge in [0.1, 0.15) is 0 Å². The minimum atomic E-state index is 0.0880. The van der Waals surface area contributed by atoms with Gasteiger partial charge in [-0.1, -0.05) is 12.2 Å². The first-order valence-electron chi connectivity index (χ1n) is 2.24. The fourth-order valence-corrected chi connectivity index (χ4v) is 0.462. The lowest BCUT2D eigenvalue weighted by Gasteiger charge is -1.95. The van der Waals surface area contributed by atoms with Gasteiger partial charge >= 0.3 is 0 Å². The standard InChI is InChI=1S/C6H7N/c7-6-4-2-1-3-5-6/h1-2,4-6H,7H2. The molecule has 0 aromatic heterocycles. The van der Waals surface area contributed by atoms with Crippen LogP contribution in [-0.4, -0.2) is 6.04 Å². The minimum absolute atomic E-state index is 0.0880. The summed E-state index contributed by atoms with van der Waals surface area (Å²) >= 11 is 0. The predicted octanol–water partition coefficient (Wildman–Crippen LogP) is 0.595. The van der Waals surface area contributed by atoms with Crippen LogP contribution in [0.4, 0.5) is 0 Å². The lowest BCUT2D eigenvalue weighted by atomic mass is 10.2. The highest BCUT2D eigenvalue weighted by atomic mass is 14.6. The molecule has 2 N–H and O–H groups in total. The van der Waals surface area contributed by atoms with E-state index in [1.165, 1.54) is 0 Å². The van der Waals surface area contributed by atoms with Crippen LogP contribution in [0.25, 0.3) is 0 Å². The van der Waals surface area contributed by atoms with Crippen LogP contribution in [0, 0.1) is 0 Å². The third-order valence-electron chi connectivity index (χ3n) is 0.814. The lowest BCUT2D eigenvalue weighted by molar-refractivity contribution is 1.03. The smallest absolute Gasteiger partial charge is 0.0488 e. The van der Waals surface area contributed by atoms with Gasteiger partial charge in [0.15, 0.2) is 0 Å². The van der Waals surface area contributed by atoms with Crippen LogP contribution in [0.1, 0.15) is 0 Å². The van der Waals surface area contributed by atoms with Gasteiger partial charge in [0.25, 0.3) is 0 Å². The van der Waals surface area contributed by atoms with Gasteiger partial charge < -0.3 is 5.73 Å². The van der Waals surface area contributed by atoms with Crippen molar-refractivity contribution >= 4 is 0 Å². The summed E-state index contributed by atoms with van der Waals surface area (Å²) in [6, 6.07) is 0.0880. The molecular weight excluding hydrogens is 86.1 g/mol. The molecule has 0 aromatic carbocycles. The molecule has 0 bridgehead atoms. The van der Waals surface area contributed by atoms with Crippen molar-refractivity contribution in [3.63, 3.8) is 0 Å². The summed E-state index contributed by atoms with van der Waals surface area (Å²) in [5.74, 6) is 0. The van der Waals surface area contributed by atoms with Crippen molar-refractivity contribution in [2.75, 3.05) is 0 Å². The maximum Gasteiger partial charge on any atom is 0.0488 e. The second-order valence-corrected chi connectivity index (χ2v) is 1.46. The molecule has 7 heavy (non-hydrogen) atoms.